The van der Waals surface area contributed by atoms with Crippen LogP contribution in [0.3, 0.4) is 0 Å². The van der Waals surface area contributed by atoms with Crippen LogP contribution in [-0.2, 0) is 0 Å². The van der Waals surface area contributed by atoms with E-state index in [1.807, 2.05) is 11.9 Å². The van der Waals surface area contributed by atoms with E-state index in [9.17, 15) is 18.3 Å². The highest BCUT2D eigenvalue weighted by Crippen LogP contribution is 2.39. The largest absolute Gasteiger partial charge is 0.467 e. The van der Waals surface area contributed by atoms with Gasteiger partial charge in [0.1, 0.15) is 5.60 Å². The van der Waals surface area contributed by atoms with Crippen LogP contribution >= 0.6 is 0 Å². The lowest BCUT2D eigenvalue weighted by molar-refractivity contribution is -0.154. The van der Waals surface area contributed by atoms with E-state index in [1.165, 1.54) is 17.3 Å². The van der Waals surface area contributed by atoms with Crippen LogP contribution in [0, 0.1) is 5.92 Å². The van der Waals surface area contributed by atoms with E-state index in [1.54, 1.807) is 6.20 Å². The van der Waals surface area contributed by atoms with Gasteiger partial charge in [0.25, 0.3) is 0 Å². The molecule has 2 fully saturated rings. The van der Waals surface area contributed by atoms with E-state index in [-0.39, 0.29) is 11.9 Å². The lowest BCUT2D eigenvalue weighted by Crippen LogP contribution is -2.74. The highest BCUT2D eigenvalue weighted by atomic mass is 19.4. The average Bonchev–Trinajstić information content (AvgIpc) is 2.92. The average molecular weight is 333 g/mol. The number of nitrogens with zero attached hydrogens (tertiary/aromatic N) is 3. The van der Waals surface area contributed by atoms with Crippen molar-refractivity contribution < 1.29 is 23.0 Å². The Morgan fingerprint density at radius 1 is 1.35 bits per heavy atom. The summed E-state index contributed by atoms with van der Waals surface area (Å²) in [6, 6.07) is 1.36. The first kappa shape index (κ1) is 16.4. The van der Waals surface area contributed by atoms with Gasteiger partial charge in [0.15, 0.2) is 6.61 Å². The Morgan fingerprint density at radius 3 is 2.65 bits per heavy atom. The third-order valence-electron chi connectivity index (χ3n) is 4.74. The van der Waals surface area contributed by atoms with Crippen molar-refractivity contribution in [1.82, 2.24) is 9.89 Å². The number of hydrogen-bond donors (Lipinski definition) is 1. The summed E-state index contributed by atoms with van der Waals surface area (Å²) in [6.07, 6.45) is 2.87. The first-order chi connectivity index (χ1) is 10.8. The molecule has 5 nitrogen and oxygen atoms in total. The normalized spacial score (nSPS) is 29.4. The van der Waals surface area contributed by atoms with Gasteiger partial charge in [-0.2, -0.15) is 18.0 Å². The van der Waals surface area contributed by atoms with Crippen LogP contribution in [0.25, 0.3) is 0 Å². The van der Waals surface area contributed by atoms with Gasteiger partial charge in [0.05, 0.1) is 18.8 Å². The fraction of sp³-hybridized carbons (Fsp3) is 0.800. The second-order valence-corrected chi connectivity index (χ2v) is 6.78. The zero-order valence-corrected chi connectivity index (χ0v) is 13.1. The van der Waals surface area contributed by atoms with Gasteiger partial charge in [0.2, 0.25) is 5.88 Å². The van der Waals surface area contributed by atoms with Crippen LogP contribution in [0.5, 0.6) is 5.88 Å². The summed E-state index contributed by atoms with van der Waals surface area (Å²) in [6.45, 7) is 0.871. The molecule has 130 valence electrons. The predicted octanol–water partition coefficient (Wildman–Crippen LogP) is 2.48. The van der Waals surface area contributed by atoms with Gasteiger partial charge in [-0.05, 0) is 25.7 Å². The summed E-state index contributed by atoms with van der Waals surface area (Å²) in [4.78, 5) is 1.50. The maximum atomic E-state index is 12.2. The van der Waals surface area contributed by atoms with Crippen molar-refractivity contribution in [2.45, 2.75) is 56.8 Å². The van der Waals surface area contributed by atoms with Crippen LogP contribution in [-0.4, -0.2) is 46.0 Å². The van der Waals surface area contributed by atoms with Gasteiger partial charge in [-0.15, -0.1) is 5.10 Å². The highest BCUT2D eigenvalue weighted by Gasteiger charge is 2.52. The predicted molar refractivity (Wildman–Crippen MR) is 77.8 cm³/mol. The van der Waals surface area contributed by atoms with Crippen molar-refractivity contribution in [1.29, 1.82) is 0 Å². The summed E-state index contributed by atoms with van der Waals surface area (Å²) < 4.78 is 41.2. The van der Waals surface area contributed by atoms with Crippen molar-refractivity contribution >= 4 is 0 Å². The fourth-order valence-corrected chi connectivity index (χ4v) is 3.80. The standard InChI is InChI=1S/C15H22F3N3O2/c1-14(22)9-20(13(14)11-5-3-2-4-6-11)21-8-7-12(19-21)23-10-15(16,17)18/h7-8,11,13,22H,2-6,9-10H2,1H3. The minimum absolute atomic E-state index is 0.0573. The second kappa shape index (κ2) is 5.89. The van der Waals surface area contributed by atoms with Gasteiger partial charge in [-0.25, -0.2) is 0 Å². The van der Waals surface area contributed by atoms with Gasteiger partial charge >= 0.3 is 6.18 Å². The van der Waals surface area contributed by atoms with Crippen LogP contribution in [0.4, 0.5) is 13.2 Å². The van der Waals surface area contributed by atoms with Crippen molar-refractivity contribution in [2.24, 2.45) is 5.92 Å². The maximum absolute atomic E-state index is 12.2. The zero-order valence-electron chi connectivity index (χ0n) is 13.1. The number of halogens is 3. The Kier molecular flexibility index (Phi) is 4.20. The number of ether oxygens (including phenoxy) is 1. The van der Waals surface area contributed by atoms with Gasteiger partial charge < -0.3 is 9.84 Å². The maximum Gasteiger partial charge on any atom is 0.422 e. The lowest BCUT2D eigenvalue weighted by Gasteiger charge is -2.56. The van der Waals surface area contributed by atoms with Crippen LogP contribution < -0.4 is 9.75 Å². The SMILES string of the molecule is CC1(O)CN(n2ccc(OCC(F)(F)F)n2)C1C1CCCCC1. The van der Waals surface area contributed by atoms with Crippen molar-refractivity contribution in [3.63, 3.8) is 0 Å². The second-order valence-electron chi connectivity index (χ2n) is 6.78. The molecule has 0 amide bonds. The molecule has 1 N–H and O–H groups in total. The van der Waals surface area contributed by atoms with E-state index < -0.39 is 18.4 Å². The van der Waals surface area contributed by atoms with Crippen molar-refractivity contribution in [2.75, 3.05) is 18.2 Å². The van der Waals surface area contributed by atoms with E-state index in [0.717, 1.165) is 25.7 Å². The topological polar surface area (TPSA) is 50.5 Å². The minimum Gasteiger partial charge on any atom is -0.467 e. The third kappa shape index (κ3) is 3.57. The number of hydrogen-bond acceptors (Lipinski definition) is 4. The summed E-state index contributed by atoms with van der Waals surface area (Å²) >= 11 is 0. The Balaban J connectivity index is 1.67. The fourth-order valence-electron chi connectivity index (χ4n) is 3.80. The van der Waals surface area contributed by atoms with Crippen LogP contribution in [0.2, 0.25) is 0 Å². The Hall–Kier alpha value is -1.44. The molecule has 1 aromatic heterocycles. The summed E-state index contributed by atoms with van der Waals surface area (Å²) in [5.74, 6) is 0.326. The molecule has 2 heterocycles. The molecule has 0 aromatic carbocycles. The lowest BCUT2D eigenvalue weighted by atomic mass is 9.72. The molecule has 0 spiro atoms. The number of rotatable bonds is 4. The Morgan fingerprint density at radius 2 is 2.04 bits per heavy atom. The number of β-amino-alcohol motifs (C(OH)–C–C–N with tert-alkyl or cyclic N) is 1. The molecule has 1 saturated heterocycles. The molecule has 23 heavy (non-hydrogen) atoms. The number of aliphatic hydroxyl groups is 1. The summed E-state index contributed by atoms with van der Waals surface area (Å²) in [5.41, 5.74) is -0.791. The molecule has 1 aliphatic heterocycles. The summed E-state index contributed by atoms with van der Waals surface area (Å²) in [7, 11) is 0. The number of alkyl halides is 3. The molecule has 2 atom stereocenters. The quantitative estimate of drug-likeness (QED) is 0.920. The molecular formula is C15H22F3N3O2. The van der Waals surface area contributed by atoms with Crippen molar-refractivity contribution in [3.8, 4) is 5.88 Å². The first-order valence-electron chi connectivity index (χ1n) is 8.01. The van der Waals surface area contributed by atoms with Gasteiger partial charge in [-0.3, -0.25) is 5.01 Å². The third-order valence-corrected chi connectivity index (χ3v) is 4.74. The van der Waals surface area contributed by atoms with E-state index in [4.69, 9.17) is 0 Å². The molecule has 0 bridgehead atoms. The number of aromatic nitrogens is 2. The molecule has 3 rings (SSSR count). The monoisotopic (exact) mass is 333 g/mol. The minimum atomic E-state index is -4.38. The molecule has 0 radical (unpaired) electrons. The van der Waals surface area contributed by atoms with E-state index in [2.05, 4.69) is 9.84 Å². The van der Waals surface area contributed by atoms with Gasteiger partial charge in [0, 0.05) is 6.07 Å². The molecule has 1 aliphatic carbocycles. The van der Waals surface area contributed by atoms with Crippen LogP contribution in [0.15, 0.2) is 12.3 Å². The molecule has 2 unspecified atom stereocenters. The highest BCUT2D eigenvalue weighted by molar-refractivity contribution is 5.21. The van der Waals surface area contributed by atoms with Gasteiger partial charge in [-0.1, -0.05) is 19.3 Å². The molecule has 8 heteroatoms. The molecule has 1 saturated carbocycles. The molecular weight excluding hydrogens is 311 g/mol. The molecule has 1 aromatic rings. The van der Waals surface area contributed by atoms with Crippen LogP contribution in [0.1, 0.15) is 39.0 Å². The Bertz CT molecular complexity index is 538. The zero-order chi connectivity index (χ0) is 16.7. The first-order valence-corrected chi connectivity index (χ1v) is 8.01. The smallest absolute Gasteiger partial charge is 0.422 e. The molecule has 2 aliphatic rings. The van der Waals surface area contributed by atoms with E-state index >= 15 is 0 Å². The summed E-state index contributed by atoms with van der Waals surface area (Å²) in [5, 5.41) is 16.5. The van der Waals surface area contributed by atoms with Crippen molar-refractivity contribution in [3.05, 3.63) is 12.3 Å². The van der Waals surface area contributed by atoms with E-state index in [0.29, 0.717) is 12.5 Å². The Labute approximate surface area is 133 Å².